The lowest BCUT2D eigenvalue weighted by molar-refractivity contribution is -0.384. The van der Waals surface area contributed by atoms with E-state index < -0.39 is 4.92 Å². The number of hydrogen-bond acceptors (Lipinski definition) is 4. The average molecular weight is 393 g/mol. The molecule has 0 heterocycles. The van der Waals surface area contributed by atoms with E-state index in [4.69, 9.17) is 17.0 Å². The number of nitrogens with one attached hydrogen (secondary N) is 2. The number of methoxy groups -OCH3 is 1. The smallest absolute Gasteiger partial charge is 0.273 e. The number of thiocarbonyl (C=S) groups is 1. The predicted molar refractivity (Wildman–Crippen MR) is 114 cm³/mol. The van der Waals surface area contributed by atoms with Gasteiger partial charge in [-0.3, -0.25) is 10.1 Å². The summed E-state index contributed by atoms with van der Waals surface area (Å²) in [6.07, 6.45) is 0. The number of rotatable bonds is 6. The normalized spacial score (nSPS) is 10.4. The van der Waals surface area contributed by atoms with Gasteiger partial charge in [0.2, 0.25) is 0 Å². The highest BCUT2D eigenvalue weighted by Gasteiger charge is 2.17. The van der Waals surface area contributed by atoms with Crippen LogP contribution in [-0.4, -0.2) is 17.1 Å². The minimum atomic E-state index is -0.469. The van der Waals surface area contributed by atoms with Crippen LogP contribution in [0.5, 0.6) is 5.75 Å². The summed E-state index contributed by atoms with van der Waals surface area (Å²) >= 11 is 5.49. The summed E-state index contributed by atoms with van der Waals surface area (Å²) in [6.45, 7) is 0. The molecule has 0 aliphatic heterocycles. The molecule has 3 rings (SSSR count). The molecule has 28 heavy (non-hydrogen) atoms. The lowest BCUT2D eigenvalue weighted by Crippen LogP contribution is -2.33. The maximum Gasteiger partial charge on any atom is 0.273 e. The number of nitro groups is 1. The van der Waals surface area contributed by atoms with Crippen molar-refractivity contribution in [2.75, 3.05) is 12.4 Å². The van der Waals surface area contributed by atoms with E-state index in [9.17, 15) is 10.1 Å². The van der Waals surface area contributed by atoms with Crippen molar-refractivity contribution in [3.63, 3.8) is 0 Å². The third-order valence-corrected chi connectivity index (χ3v) is 4.41. The summed E-state index contributed by atoms with van der Waals surface area (Å²) in [7, 11) is 1.46. The minimum absolute atomic E-state index is 0.0484. The second kappa shape index (κ2) is 8.96. The SMILES string of the molecule is COc1cc([N+](=O)[O-])ccc1NC(=S)NC(c1ccccc1)c1ccccc1. The van der Waals surface area contributed by atoms with Gasteiger partial charge in [0.05, 0.1) is 29.8 Å². The van der Waals surface area contributed by atoms with Crippen LogP contribution in [0, 0.1) is 10.1 Å². The van der Waals surface area contributed by atoms with Crippen molar-refractivity contribution >= 4 is 28.7 Å². The largest absolute Gasteiger partial charge is 0.494 e. The zero-order valence-corrected chi connectivity index (χ0v) is 16.0. The highest BCUT2D eigenvalue weighted by molar-refractivity contribution is 7.80. The van der Waals surface area contributed by atoms with Gasteiger partial charge in [0.25, 0.3) is 5.69 Å². The second-order valence-corrected chi connectivity index (χ2v) is 6.40. The molecule has 0 saturated heterocycles. The molecule has 0 aromatic heterocycles. The molecule has 0 fully saturated rings. The molecule has 0 saturated carbocycles. The van der Waals surface area contributed by atoms with Crippen molar-refractivity contribution < 1.29 is 9.66 Å². The molecular weight excluding hydrogens is 374 g/mol. The van der Waals surface area contributed by atoms with E-state index in [0.717, 1.165) is 11.1 Å². The van der Waals surface area contributed by atoms with Gasteiger partial charge in [-0.1, -0.05) is 60.7 Å². The Labute approximate surface area is 168 Å². The van der Waals surface area contributed by atoms with E-state index in [1.165, 1.54) is 19.2 Å². The zero-order chi connectivity index (χ0) is 19.9. The highest BCUT2D eigenvalue weighted by atomic mass is 32.1. The molecule has 142 valence electrons. The van der Waals surface area contributed by atoms with Crippen LogP contribution < -0.4 is 15.4 Å². The molecule has 6 nitrogen and oxygen atoms in total. The van der Waals surface area contributed by atoms with Crippen molar-refractivity contribution in [2.45, 2.75) is 6.04 Å². The Bertz CT molecular complexity index is 926. The van der Waals surface area contributed by atoms with Gasteiger partial charge in [-0.05, 0) is 29.4 Å². The Balaban J connectivity index is 1.82. The van der Waals surface area contributed by atoms with Crippen LogP contribution in [0.4, 0.5) is 11.4 Å². The minimum Gasteiger partial charge on any atom is -0.494 e. The van der Waals surface area contributed by atoms with Crippen molar-refractivity contribution in [1.29, 1.82) is 0 Å². The fourth-order valence-corrected chi connectivity index (χ4v) is 3.06. The summed E-state index contributed by atoms with van der Waals surface area (Å²) in [5.41, 5.74) is 2.63. The lowest BCUT2D eigenvalue weighted by atomic mass is 9.99. The first-order valence-corrected chi connectivity index (χ1v) is 8.99. The third kappa shape index (κ3) is 4.63. The molecule has 0 aliphatic rings. The molecule has 3 aromatic rings. The first kappa shape index (κ1) is 19.3. The van der Waals surface area contributed by atoms with E-state index in [1.807, 2.05) is 60.7 Å². The summed E-state index contributed by atoms with van der Waals surface area (Å²) in [5.74, 6) is 0.342. The van der Waals surface area contributed by atoms with Crippen LogP contribution in [0.15, 0.2) is 78.9 Å². The van der Waals surface area contributed by atoms with Crippen LogP contribution in [-0.2, 0) is 0 Å². The van der Waals surface area contributed by atoms with E-state index in [-0.39, 0.29) is 11.7 Å². The molecule has 0 radical (unpaired) electrons. The Morgan fingerprint density at radius 2 is 1.57 bits per heavy atom. The van der Waals surface area contributed by atoms with Crippen LogP contribution in [0.3, 0.4) is 0 Å². The fraction of sp³-hybridized carbons (Fsp3) is 0.0952. The van der Waals surface area contributed by atoms with Crippen molar-refractivity contribution in [2.24, 2.45) is 0 Å². The Morgan fingerprint density at radius 3 is 2.07 bits per heavy atom. The van der Waals surface area contributed by atoms with Gasteiger partial charge in [-0.2, -0.15) is 0 Å². The molecule has 0 unspecified atom stereocenters. The van der Waals surface area contributed by atoms with E-state index in [0.29, 0.717) is 16.5 Å². The van der Waals surface area contributed by atoms with E-state index in [2.05, 4.69) is 10.6 Å². The van der Waals surface area contributed by atoms with Crippen molar-refractivity contribution in [1.82, 2.24) is 5.32 Å². The molecular formula is C21H19N3O3S. The van der Waals surface area contributed by atoms with Crippen LogP contribution in [0.2, 0.25) is 0 Å². The maximum absolute atomic E-state index is 11.0. The standard InChI is InChI=1S/C21H19N3O3S/c1-27-19-14-17(24(25)26)12-13-18(19)22-21(28)23-20(15-8-4-2-5-9-15)16-10-6-3-7-11-16/h2-14,20H,1H3,(H2,22,23,28). The Morgan fingerprint density at radius 1 is 1.00 bits per heavy atom. The van der Waals surface area contributed by atoms with Gasteiger partial charge in [0, 0.05) is 6.07 Å². The zero-order valence-electron chi connectivity index (χ0n) is 15.2. The van der Waals surface area contributed by atoms with Crippen LogP contribution in [0.25, 0.3) is 0 Å². The first-order chi connectivity index (χ1) is 13.6. The van der Waals surface area contributed by atoms with Crippen molar-refractivity contribution in [3.05, 3.63) is 100 Å². The van der Waals surface area contributed by atoms with Gasteiger partial charge in [0.15, 0.2) is 5.11 Å². The molecule has 0 bridgehead atoms. The number of hydrogen-bond donors (Lipinski definition) is 2. The van der Waals surface area contributed by atoms with Gasteiger partial charge in [0.1, 0.15) is 5.75 Å². The monoisotopic (exact) mass is 393 g/mol. The molecule has 2 N–H and O–H groups in total. The number of nitro benzene ring substituents is 1. The predicted octanol–water partition coefficient (Wildman–Crippen LogP) is 4.68. The Kier molecular flexibility index (Phi) is 6.18. The topological polar surface area (TPSA) is 76.4 Å². The molecule has 0 amide bonds. The summed E-state index contributed by atoms with van der Waals surface area (Å²) in [5, 5.41) is 17.7. The molecule has 7 heteroatoms. The quantitative estimate of drug-likeness (QED) is 0.360. The fourth-order valence-electron chi connectivity index (χ4n) is 2.84. The maximum atomic E-state index is 11.0. The molecule has 3 aromatic carbocycles. The van der Waals surface area contributed by atoms with E-state index in [1.54, 1.807) is 6.07 Å². The molecule has 0 aliphatic carbocycles. The van der Waals surface area contributed by atoms with E-state index >= 15 is 0 Å². The number of nitrogens with zero attached hydrogens (tertiary/aromatic N) is 1. The average Bonchev–Trinajstić information content (AvgIpc) is 2.73. The summed E-state index contributed by atoms with van der Waals surface area (Å²) in [6, 6.07) is 24.1. The van der Waals surface area contributed by atoms with Gasteiger partial charge < -0.3 is 15.4 Å². The lowest BCUT2D eigenvalue weighted by Gasteiger charge is -2.22. The third-order valence-electron chi connectivity index (χ3n) is 4.19. The van der Waals surface area contributed by atoms with Crippen LogP contribution >= 0.6 is 12.2 Å². The van der Waals surface area contributed by atoms with Crippen molar-refractivity contribution in [3.8, 4) is 5.75 Å². The van der Waals surface area contributed by atoms with Gasteiger partial charge in [-0.25, -0.2) is 0 Å². The summed E-state index contributed by atoms with van der Waals surface area (Å²) in [4.78, 5) is 10.5. The van der Waals surface area contributed by atoms with Gasteiger partial charge in [-0.15, -0.1) is 0 Å². The first-order valence-electron chi connectivity index (χ1n) is 8.58. The summed E-state index contributed by atoms with van der Waals surface area (Å²) < 4.78 is 5.26. The highest BCUT2D eigenvalue weighted by Crippen LogP contribution is 2.29. The Hall–Kier alpha value is -3.45. The second-order valence-electron chi connectivity index (χ2n) is 5.99. The number of benzene rings is 3. The number of non-ortho nitro benzene ring substituents is 1. The van der Waals surface area contributed by atoms with Gasteiger partial charge >= 0.3 is 0 Å². The number of anilines is 1. The number of ether oxygens (including phenoxy) is 1. The molecule has 0 spiro atoms. The molecule has 0 atom stereocenters. The van der Waals surface area contributed by atoms with Crippen LogP contribution in [0.1, 0.15) is 17.2 Å².